The van der Waals surface area contributed by atoms with Crippen LogP contribution >= 0.6 is 11.3 Å². The number of benzene rings is 3. The van der Waals surface area contributed by atoms with Gasteiger partial charge in [-0.15, -0.1) is 11.3 Å². The summed E-state index contributed by atoms with van der Waals surface area (Å²) in [7, 11) is 0. The summed E-state index contributed by atoms with van der Waals surface area (Å²) in [5.74, 6) is 1.31. The van der Waals surface area contributed by atoms with Crippen molar-refractivity contribution in [3.8, 4) is 5.75 Å². The Bertz CT molecular complexity index is 1140. The van der Waals surface area contributed by atoms with E-state index in [1.54, 1.807) is 11.3 Å². The standard InChI is InChI=1S/C24H22O2S/c1-3-16(2)18-10-8-17(9-11-18)15-26-19-12-13-23-21(14-19)24(25)20-6-4-5-7-22(20)27-23/h4-14,16H,3,15H2,1-2H3. The Morgan fingerprint density at radius 3 is 2.44 bits per heavy atom. The number of fused-ring (bicyclic) bond motifs is 2. The third kappa shape index (κ3) is 3.60. The van der Waals surface area contributed by atoms with Crippen molar-refractivity contribution in [2.24, 2.45) is 0 Å². The van der Waals surface area contributed by atoms with Gasteiger partial charge in [0.05, 0.1) is 0 Å². The van der Waals surface area contributed by atoms with Crippen LogP contribution in [0.5, 0.6) is 5.75 Å². The average molecular weight is 375 g/mol. The van der Waals surface area contributed by atoms with E-state index in [1.807, 2.05) is 42.5 Å². The molecule has 136 valence electrons. The Morgan fingerprint density at radius 1 is 0.926 bits per heavy atom. The number of hydrogen-bond donors (Lipinski definition) is 0. The molecule has 27 heavy (non-hydrogen) atoms. The van der Waals surface area contributed by atoms with E-state index < -0.39 is 0 Å². The van der Waals surface area contributed by atoms with Crippen molar-refractivity contribution >= 4 is 31.5 Å². The molecule has 0 spiro atoms. The maximum Gasteiger partial charge on any atom is 0.196 e. The third-order valence-corrected chi connectivity index (χ3v) is 6.27. The molecular weight excluding hydrogens is 352 g/mol. The molecule has 3 aromatic carbocycles. The quantitative estimate of drug-likeness (QED) is 0.372. The molecule has 0 aliphatic carbocycles. The van der Waals surface area contributed by atoms with Gasteiger partial charge in [-0.25, -0.2) is 0 Å². The van der Waals surface area contributed by atoms with Gasteiger partial charge in [-0.3, -0.25) is 4.79 Å². The molecule has 0 aliphatic rings. The molecule has 2 nitrogen and oxygen atoms in total. The first-order valence-electron chi connectivity index (χ1n) is 9.33. The zero-order chi connectivity index (χ0) is 18.8. The van der Waals surface area contributed by atoms with Crippen molar-refractivity contribution in [2.45, 2.75) is 32.8 Å². The molecule has 0 saturated carbocycles. The number of hydrogen-bond acceptors (Lipinski definition) is 3. The van der Waals surface area contributed by atoms with Gasteiger partial charge in [0.15, 0.2) is 5.43 Å². The van der Waals surface area contributed by atoms with Gasteiger partial charge in [-0.1, -0.05) is 50.2 Å². The van der Waals surface area contributed by atoms with Gasteiger partial charge in [0.2, 0.25) is 0 Å². The normalized spacial score (nSPS) is 12.4. The minimum absolute atomic E-state index is 0.0720. The van der Waals surface area contributed by atoms with Crippen LogP contribution < -0.4 is 10.2 Å². The van der Waals surface area contributed by atoms with E-state index >= 15 is 0 Å². The summed E-state index contributed by atoms with van der Waals surface area (Å²) < 4.78 is 7.97. The lowest BCUT2D eigenvalue weighted by Gasteiger charge is -2.11. The van der Waals surface area contributed by atoms with Crippen molar-refractivity contribution in [3.63, 3.8) is 0 Å². The Hall–Kier alpha value is -2.65. The van der Waals surface area contributed by atoms with E-state index in [9.17, 15) is 4.79 Å². The van der Waals surface area contributed by atoms with Crippen LogP contribution in [0.4, 0.5) is 0 Å². The maximum atomic E-state index is 12.8. The zero-order valence-electron chi connectivity index (χ0n) is 15.6. The van der Waals surface area contributed by atoms with Crippen LogP contribution in [-0.2, 0) is 6.61 Å². The van der Waals surface area contributed by atoms with Gasteiger partial charge in [-0.05, 0) is 53.8 Å². The van der Waals surface area contributed by atoms with Gasteiger partial charge >= 0.3 is 0 Å². The van der Waals surface area contributed by atoms with E-state index in [0.29, 0.717) is 12.5 Å². The van der Waals surface area contributed by atoms with Gasteiger partial charge in [0, 0.05) is 20.2 Å². The first kappa shape index (κ1) is 17.7. The Kier molecular flexibility index (Phi) is 4.95. The van der Waals surface area contributed by atoms with Crippen molar-refractivity contribution in [2.75, 3.05) is 0 Å². The molecule has 1 aromatic heterocycles. The molecule has 1 unspecified atom stereocenters. The molecule has 0 N–H and O–H groups in total. The molecule has 1 heterocycles. The molecule has 4 rings (SSSR count). The summed E-state index contributed by atoms with van der Waals surface area (Å²) in [5.41, 5.74) is 2.56. The van der Waals surface area contributed by atoms with Crippen LogP contribution in [0.3, 0.4) is 0 Å². The second-order valence-electron chi connectivity index (χ2n) is 6.92. The Labute approximate surface area is 163 Å². The lowest BCUT2D eigenvalue weighted by molar-refractivity contribution is 0.306. The predicted molar refractivity (Wildman–Crippen MR) is 115 cm³/mol. The molecule has 3 heteroatoms. The molecule has 0 bridgehead atoms. The minimum atomic E-state index is 0.0720. The summed E-state index contributed by atoms with van der Waals surface area (Å²) >= 11 is 1.64. The highest BCUT2D eigenvalue weighted by Crippen LogP contribution is 2.27. The summed E-state index contributed by atoms with van der Waals surface area (Å²) in [6.45, 7) is 4.94. The fraction of sp³-hybridized carbons (Fsp3) is 0.208. The van der Waals surface area contributed by atoms with Crippen LogP contribution in [0.2, 0.25) is 0 Å². The second kappa shape index (κ2) is 7.53. The fourth-order valence-electron chi connectivity index (χ4n) is 3.22. The number of ether oxygens (including phenoxy) is 1. The number of rotatable bonds is 5. The SMILES string of the molecule is CCC(C)c1ccc(COc2ccc3sc4ccccc4c(=O)c3c2)cc1. The second-order valence-corrected chi connectivity index (χ2v) is 8.01. The molecule has 0 radical (unpaired) electrons. The maximum absolute atomic E-state index is 12.8. The highest BCUT2D eigenvalue weighted by Gasteiger charge is 2.07. The largest absolute Gasteiger partial charge is 0.489 e. The van der Waals surface area contributed by atoms with Gasteiger partial charge < -0.3 is 4.74 Å². The molecule has 1 atom stereocenters. The topological polar surface area (TPSA) is 26.3 Å². The van der Waals surface area contributed by atoms with Gasteiger partial charge in [0.1, 0.15) is 12.4 Å². The highest BCUT2D eigenvalue weighted by atomic mass is 32.1. The average Bonchev–Trinajstić information content (AvgIpc) is 2.72. The third-order valence-electron chi connectivity index (χ3n) is 5.11. The Morgan fingerprint density at radius 2 is 1.67 bits per heavy atom. The van der Waals surface area contributed by atoms with Crippen molar-refractivity contribution in [1.29, 1.82) is 0 Å². The molecule has 4 aromatic rings. The minimum Gasteiger partial charge on any atom is -0.489 e. The fourth-order valence-corrected chi connectivity index (χ4v) is 4.27. The molecule has 0 aliphatic heterocycles. The molecule has 0 saturated heterocycles. The smallest absolute Gasteiger partial charge is 0.196 e. The highest BCUT2D eigenvalue weighted by molar-refractivity contribution is 7.24. The molecule has 0 amide bonds. The van der Waals surface area contributed by atoms with Gasteiger partial charge in [-0.2, -0.15) is 0 Å². The van der Waals surface area contributed by atoms with E-state index in [4.69, 9.17) is 4.74 Å². The van der Waals surface area contributed by atoms with E-state index in [-0.39, 0.29) is 5.43 Å². The van der Waals surface area contributed by atoms with Crippen molar-refractivity contribution in [1.82, 2.24) is 0 Å². The summed E-state index contributed by atoms with van der Waals surface area (Å²) in [6.07, 6.45) is 1.14. The summed E-state index contributed by atoms with van der Waals surface area (Å²) in [4.78, 5) is 12.8. The van der Waals surface area contributed by atoms with Crippen LogP contribution in [0, 0.1) is 0 Å². The first-order chi connectivity index (χ1) is 13.2. The Balaban J connectivity index is 1.58. The molecular formula is C24H22O2S. The van der Waals surface area contributed by atoms with Crippen LogP contribution in [0.1, 0.15) is 37.3 Å². The monoisotopic (exact) mass is 374 g/mol. The van der Waals surface area contributed by atoms with Crippen LogP contribution in [-0.4, -0.2) is 0 Å². The van der Waals surface area contributed by atoms with E-state index in [2.05, 4.69) is 38.1 Å². The molecule has 0 fully saturated rings. The summed E-state index contributed by atoms with van der Waals surface area (Å²) in [5, 5.41) is 1.50. The van der Waals surface area contributed by atoms with Crippen molar-refractivity contribution < 1.29 is 4.74 Å². The zero-order valence-corrected chi connectivity index (χ0v) is 16.4. The van der Waals surface area contributed by atoms with E-state index in [1.165, 1.54) is 5.56 Å². The van der Waals surface area contributed by atoms with Crippen LogP contribution in [0.25, 0.3) is 20.2 Å². The first-order valence-corrected chi connectivity index (χ1v) is 10.1. The van der Waals surface area contributed by atoms with E-state index in [0.717, 1.165) is 37.9 Å². The van der Waals surface area contributed by atoms with Crippen molar-refractivity contribution in [3.05, 3.63) is 88.1 Å². The van der Waals surface area contributed by atoms with Gasteiger partial charge in [0.25, 0.3) is 0 Å². The van der Waals surface area contributed by atoms with Crippen LogP contribution in [0.15, 0.2) is 71.5 Å². The lowest BCUT2D eigenvalue weighted by atomic mass is 9.98. The summed E-state index contributed by atoms with van der Waals surface area (Å²) in [6, 6.07) is 22.2. The lowest BCUT2D eigenvalue weighted by Crippen LogP contribution is -2.02. The predicted octanol–water partition coefficient (Wildman–Crippen LogP) is 6.51.